The first kappa shape index (κ1) is 14.5. The van der Waals surface area contributed by atoms with Crippen LogP contribution >= 0.6 is 11.6 Å². The third-order valence-electron chi connectivity index (χ3n) is 3.03. The Morgan fingerprint density at radius 3 is 2.84 bits per heavy atom. The molecule has 2 N–H and O–H groups in total. The van der Waals surface area contributed by atoms with Gasteiger partial charge in [-0.15, -0.1) is 0 Å². The van der Waals surface area contributed by atoms with Crippen molar-refractivity contribution in [2.24, 2.45) is 0 Å². The third kappa shape index (κ3) is 4.62. The highest BCUT2D eigenvalue weighted by Crippen LogP contribution is 2.18. The quantitative estimate of drug-likeness (QED) is 0.864. The fourth-order valence-corrected chi connectivity index (χ4v) is 2.17. The average molecular weight is 289 g/mol. The molecule has 1 fully saturated rings. The van der Waals surface area contributed by atoms with Crippen LogP contribution in [0.1, 0.15) is 0 Å². The minimum atomic E-state index is -0.548. The fraction of sp³-hybridized carbons (Fsp3) is 0.538. The number of hydrogen-bond donors (Lipinski definition) is 2. The van der Waals surface area contributed by atoms with E-state index < -0.39 is 11.9 Å². The van der Waals surface area contributed by atoms with E-state index in [1.165, 1.54) is 6.07 Å². The molecule has 1 saturated heterocycles. The first-order chi connectivity index (χ1) is 9.15. The van der Waals surface area contributed by atoms with Crippen LogP contribution in [0, 0.1) is 5.82 Å². The number of nitrogens with zero attached hydrogens (tertiary/aromatic N) is 1. The lowest BCUT2D eigenvalue weighted by Crippen LogP contribution is -2.42. The highest BCUT2D eigenvalue weighted by molar-refractivity contribution is 6.30. The van der Waals surface area contributed by atoms with Crippen LogP contribution in [0.25, 0.3) is 0 Å². The van der Waals surface area contributed by atoms with E-state index in [9.17, 15) is 9.50 Å². The van der Waals surface area contributed by atoms with Crippen molar-refractivity contribution in [1.29, 1.82) is 0 Å². The Kier molecular flexibility index (Phi) is 5.39. The van der Waals surface area contributed by atoms with E-state index in [1.54, 1.807) is 12.1 Å². The Morgan fingerprint density at radius 1 is 1.42 bits per heavy atom. The van der Waals surface area contributed by atoms with Crippen LogP contribution in [0.3, 0.4) is 0 Å². The molecule has 2 rings (SSSR count). The summed E-state index contributed by atoms with van der Waals surface area (Å²) in [6.07, 6.45) is -0.548. The summed E-state index contributed by atoms with van der Waals surface area (Å²) in [5.41, 5.74) is 0.352. The zero-order chi connectivity index (χ0) is 13.7. The number of halogens is 2. The van der Waals surface area contributed by atoms with E-state index in [1.807, 2.05) is 0 Å². The summed E-state index contributed by atoms with van der Waals surface area (Å²) in [4.78, 5) is 2.13. The standard InChI is InChI=1S/C13H18ClFN2O2/c14-10-1-2-13(12(15)7-10)16-8-11(18)9-17-3-5-19-6-4-17/h1-2,7,11,16,18H,3-6,8-9H2. The molecule has 6 heteroatoms. The SMILES string of the molecule is OC(CNc1ccc(Cl)cc1F)CN1CCOCC1. The molecule has 0 bridgehead atoms. The number of rotatable bonds is 5. The van der Waals surface area contributed by atoms with Gasteiger partial charge in [0.05, 0.1) is 25.0 Å². The van der Waals surface area contributed by atoms with Crippen molar-refractivity contribution in [1.82, 2.24) is 4.90 Å². The molecule has 0 spiro atoms. The maximum absolute atomic E-state index is 13.5. The zero-order valence-electron chi connectivity index (χ0n) is 10.6. The highest BCUT2D eigenvalue weighted by Gasteiger charge is 2.15. The van der Waals surface area contributed by atoms with Gasteiger partial charge in [-0.1, -0.05) is 11.6 Å². The Morgan fingerprint density at radius 2 is 2.16 bits per heavy atom. The molecule has 1 aliphatic heterocycles. The van der Waals surface area contributed by atoms with Crippen LogP contribution < -0.4 is 5.32 Å². The van der Waals surface area contributed by atoms with Crippen LogP contribution in [0.2, 0.25) is 5.02 Å². The van der Waals surface area contributed by atoms with Crippen LogP contribution in [0.4, 0.5) is 10.1 Å². The van der Waals surface area contributed by atoms with Gasteiger partial charge < -0.3 is 15.2 Å². The van der Waals surface area contributed by atoms with E-state index in [4.69, 9.17) is 16.3 Å². The largest absolute Gasteiger partial charge is 0.390 e. The third-order valence-corrected chi connectivity index (χ3v) is 3.27. The van der Waals surface area contributed by atoms with Crippen molar-refractivity contribution >= 4 is 17.3 Å². The number of hydrogen-bond acceptors (Lipinski definition) is 4. The van der Waals surface area contributed by atoms with Gasteiger partial charge in [0.15, 0.2) is 0 Å². The summed E-state index contributed by atoms with van der Waals surface area (Å²) in [6.45, 7) is 3.91. The molecule has 1 atom stereocenters. The molecule has 0 aliphatic carbocycles. The number of anilines is 1. The van der Waals surface area contributed by atoms with Crippen molar-refractivity contribution in [3.05, 3.63) is 29.0 Å². The first-order valence-electron chi connectivity index (χ1n) is 6.32. The van der Waals surface area contributed by atoms with Gasteiger partial charge in [0, 0.05) is 31.2 Å². The molecule has 0 saturated carbocycles. The van der Waals surface area contributed by atoms with Crippen molar-refractivity contribution in [3.63, 3.8) is 0 Å². The van der Waals surface area contributed by atoms with Crippen LogP contribution in [-0.4, -0.2) is 55.5 Å². The number of β-amino-alcohol motifs (C(OH)–C–C–N with tert-alkyl or cyclic N) is 1. The molecule has 0 radical (unpaired) electrons. The summed E-state index contributed by atoms with van der Waals surface area (Å²) in [5, 5.41) is 13.2. The molecule has 1 heterocycles. The second-order valence-corrected chi connectivity index (χ2v) is 5.01. The van der Waals surface area contributed by atoms with E-state index in [2.05, 4.69) is 10.2 Å². The fourth-order valence-electron chi connectivity index (χ4n) is 2.01. The number of aliphatic hydroxyl groups excluding tert-OH is 1. The van der Waals surface area contributed by atoms with Gasteiger partial charge in [0.1, 0.15) is 5.82 Å². The minimum absolute atomic E-state index is 0.301. The molecule has 1 aromatic rings. The average Bonchev–Trinajstić information content (AvgIpc) is 2.39. The highest BCUT2D eigenvalue weighted by atomic mass is 35.5. The summed E-state index contributed by atoms with van der Waals surface area (Å²) >= 11 is 5.67. The van der Waals surface area contributed by atoms with Gasteiger partial charge in [-0.2, -0.15) is 0 Å². The lowest BCUT2D eigenvalue weighted by molar-refractivity contribution is 0.0171. The lowest BCUT2D eigenvalue weighted by Gasteiger charge is -2.28. The Bertz CT molecular complexity index is 414. The van der Waals surface area contributed by atoms with Gasteiger partial charge >= 0.3 is 0 Å². The summed E-state index contributed by atoms with van der Waals surface area (Å²) < 4.78 is 18.7. The van der Waals surface area contributed by atoms with Crippen molar-refractivity contribution in [2.75, 3.05) is 44.7 Å². The number of benzene rings is 1. The van der Waals surface area contributed by atoms with E-state index in [0.717, 1.165) is 13.1 Å². The smallest absolute Gasteiger partial charge is 0.147 e. The van der Waals surface area contributed by atoms with Crippen molar-refractivity contribution in [3.8, 4) is 0 Å². The van der Waals surface area contributed by atoms with Crippen LogP contribution in [-0.2, 0) is 4.74 Å². The molecular weight excluding hydrogens is 271 g/mol. The topological polar surface area (TPSA) is 44.7 Å². The van der Waals surface area contributed by atoms with Gasteiger partial charge in [-0.05, 0) is 18.2 Å². The van der Waals surface area contributed by atoms with E-state index in [0.29, 0.717) is 37.0 Å². The predicted octanol–water partition coefficient (Wildman–Crippen LogP) is 1.58. The Hall–Kier alpha value is -0.880. The zero-order valence-corrected chi connectivity index (χ0v) is 11.4. The molecule has 0 aromatic heterocycles. The van der Waals surface area contributed by atoms with Crippen molar-refractivity contribution < 1.29 is 14.2 Å². The molecular formula is C13H18ClFN2O2. The second-order valence-electron chi connectivity index (χ2n) is 4.57. The molecule has 4 nitrogen and oxygen atoms in total. The lowest BCUT2D eigenvalue weighted by atomic mass is 10.2. The summed E-state index contributed by atoms with van der Waals surface area (Å²) in [6, 6.07) is 4.43. The molecule has 19 heavy (non-hydrogen) atoms. The maximum Gasteiger partial charge on any atom is 0.147 e. The van der Waals surface area contributed by atoms with Crippen LogP contribution in [0.5, 0.6) is 0 Å². The molecule has 1 aromatic carbocycles. The molecule has 0 amide bonds. The summed E-state index contributed by atoms with van der Waals surface area (Å²) in [5.74, 6) is -0.411. The number of nitrogens with one attached hydrogen (secondary N) is 1. The monoisotopic (exact) mass is 288 g/mol. The first-order valence-corrected chi connectivity index (χ1v) is 6.70. The second kappa shape index (κ2) is 7.05. The van der Waals surface area contributed by atoms with Crippen LogP contribution in [0.15, 0.2) is 18.2 Å². The van der Waals surface area contributed by atoms with E-state index >= 15 is 0 Å². The van der Waals surface area contributed by atoms with Gasteiger partial charge in [0.25, 0.3) is 0 Å². The van der Waals surface area contributed by atoms with E-state index in [-0.39, 0.29) is 0 Å². The van der Waals surface area contributed by atoms with Gasteiger partial charge in [-0.3, -0.25) is 4.90 Å². The Balaban J connectivity index is 1.77. The Labute approximate surface area is 117 Å². The molecule has 1 aliphatic rings. The van der Waals surface area contributed by atoms with Gasteiger partial charge in [0.2, 0.25) is 0 Å². The maximum atomic E-state index is 13.5. The van der Waals surface area contributed by atoms with Crippen molar-refractivity contribution in [2.45, 2.75) is 6.10 Å². The number of ether oxygens (including phenoxy) is 1. The minimum Gasteiger partial charge on any atom is -0.390 e. The number of aliphatic hydroxyl groups is 1. The van der Waals surface area contributed by atoms with Gasteiger partial charge in [-0.25, -0.2) is 4.39 Å². The summed E-state index contributed by atoms with van der Waals surface area (Å²) in [7, 11) is 0. The number of morpholine rings is 1. The predicted molar refractivity (Wildman–Crippen MR) is 73.2 cm³/mol. The normalized spacial score (nSPS) is 18.3. The molecule has 1 unspecified atom stereocenters. The molecule has 106 valence electrons.